The molecular weight excluding hydrogens is 341 g/mol. The summed E-state index contributed by atoms with van der Waals surface area (Å²) in [6, 6.07) is 3.02. The Morgan fingerprint density at radius 1 is 1.48 bits per heavy atom. The van der Waals surface area contributed by atoms with Crippen molar-refractivity contribution in [3.8, 4) is 0 Å². The molecule has 0 radical (unpaired) electrons. The normalized spacial score (nSPS) is 16.1. The van der Waals surface area contributed by atoms with Crippen LogP contribution in [0.2, 0.25) is 5.02 Å². The van der Waals surface area contributed by atoms with Gasteiger partial charge in [0, 0.05) is 23.7 Å². The molecular formula is C11H15Cl2N3O4S. The highest BCUT2D eigenvalue weighted by Crippen LogP contribution is 2.34. The Balaban J connectivity index is 0.00000220. The molecule has 0 spiro atoms. The molecule has 0 bridgehead atoms. The Hall–Kier alpha value is -0.930. The number of hydrogen-bond donors (Lipinski definition) is 2. The van der Waals surface area contributed by atoms with Gasteiger partial charge in [-0.3, -0.25) is 10.1 Å². The number of nitro benzene ring substituents is 1. The first kappa shape index (κ1) is 18.1. The lowest BCUT2D eigenvalue weighted by molar-refractivity contribution is -0.387. The van der Waals surface area contributed by atoms with E-state index in [1.807, 2.05) is 0 Å². The fourth-order valence-corrected chi connectivity index (χ4v) is 3.70. The van der Waals surface area contributed by atoms with E-state index in [1.54, 1.807) is 0 Å². The predicted octanol–water partition coefficient (Wildman–Crippen LogP) is 1.69. The highest BCUT2D eigenvalue weighted by molar-refractivity contribution is 7.89. The average molecular weight is 356 g/mol. The number of nitrogens with zero attached hydrogens (tertiary/aromatic N) is 1. The van der Waals surface area contributed by atoms with Crippen LogP contribution in [0.4, 0.5) is 5.69 Å². The molecule has 3 N–H and O–H groups in total. The number of benzene rings is 1. The molecule has 0 amide bonds. The van der Waals surface area contributed by atoms with Crippen molar-refractivity contribution in [3.63, 3.8) is 0 Å². The number of sulfonamides is 1. The Morgan fingerprint density at radius 2 is 2.10 bits per heavy atom. The summed E-state index contributed by atoms with van der Waals surface area (Å²) in [5.74, 6) is 0.202. The van der Waals surface area contributed by atoms with Gasteiger partial charge < -0.3 is 5.73 Å². The van der Waals surface area contributed by atoms with Gasteiger partial charge in [-0.05, 0) is 30.9 Å². The third-order valence-electron chi connectivity index (χ3n) is 3.16. The van der Waals surface area contributed by atoms with E-state index in [9.17, 15) is 18.5 Å². The fraction of sp³-hybridized carbons (Fsp3) is 0.455. The average Bonchev–Trinajstić information content (AvgIpc) is 3.19. The number of nitrogens with one attached hydrogen (secondary N) is 1. The Bertz CT molecular complexity index is 634. The van der Waals surface area contributed by atoms with Crippen LogP contribution in [0.15, 0.2) is 23.1 Å². The first-order chi connectivity index (χ1) is 9.35. The zero-order valence-corrected chi connectivity index (χ0v) is 13.2. The van der Waals surface area contributed by atoms with Crippen LogP contribution < -0.4 is 10.5 Å². The van der Waals surface area contributed by atoms with Crippen LogP contribution in [0.5, 0.6) is 0 Å². The van der Waals surface area contributed by atoms with Crippen molar-refractivity contribution < 1.29 is 13.3 Å². The van der Waals surface area contributed by atoms with Crippen LogP contribution in [0, 0.1) is 16.0 Å². The maximum absolute atomic E-state index is 12.3. The maximum atomic E-state index is 12.3. The van der Waals surface area contributed by atoms with E-state index < -0.39 is 31.6 Å². The first-order valence-electron chi connectivity index (χ1n) is 6.01. The second kappa shape index (κ2) is 6.89. The molecule has 2 rings (SSSR count). The zero-order chi connectivity index (χ0) is 14.9. The summed E-state index contributed by atoms with van der Waals surface area (Å²) >= 11 is 5.73. The smallest absolute Gasteiger partial charge is 0.289 e. The third kappa shape index (κ3) is 4.27. The minimum Gasteiger partial charge on any atom is -0.329 e. The van der Waals surface area contributed by atoms with Crippen molar-refractivity contribution in [3.05, 3.63) is 33.3 Å². The Morgan fingerprint density at radius 3 is 2.57 bits per heavy atom. The van der Waals surface area contributed by atoms with Crippen molar-refractivity contribution in [2.45, 2.75) is 23.8 Å². The molecule has 1 aliphatic rings. The molecule has 0 aliphatic heterocycles. The molecule has 1 fully saturated rings. The molecule has 7 nitrogen and oxygen atoms in total. The molecule has 0 aromatic heterocycles. The predicted molar refractivity (Wildman–Crippen MR) is 81.2 cm³/mol. The van der Waals surface area contributed by atoms with Gasteiger partial charge in [-0.1, -0.05) is 11.6 Å². The minimum absolute atomic E-state index is 0. The van der Waals surface area contributed by atoms with Gasteiger partial charge in [0.05, 0.1) is 4.92 Å². The van der Waals surface area contributed by atoms with E-state index in [0.29, 0.717) is 0 Å². The van der Waals surface area contributed by atoms with E-state index in [1.165, 1.54) is 6.07 Å². The van der Waals surface area contributed by atoms with Crippen LogP contribution in [0.1, 0.15) is 12.8 Å². The molecule has 1 aliphatic carbocycles. The van der Waals surface area contributed by atoms with Gasteiger partial charge in [0.2, 0.25) is 10.0 Å². The maximum Gasteiger partial charge on any atom is 0.289 e. The van der Waals surface area contributed by atoms with Gasteiger partial charge in [0.25, 0.3) is 5.69 Å². The van der Waals surface area contributed by atoms with Crippen molar-refractivity contribution in [1.82, 2.24) is 4.72 Å². The second-order valence-electron chi connectivity index (χ2n) is 4.67. The molecule has 1 atom stereocenters. The monoisotopic (exact) mass is 355 g/mol. The summed E-state index contributed by atoms with van der Waals surface area (Å²) in [4.78, 5) is 9.74. The number of rotatable bonds is 6. The van der Waals surface area contributed by atoms with Crippen LogP contribution in [-0.4, -0.2) is 25.9 Å². The van der Waals surface area contributed by atoms with Gasteiger partial charge in [0.1, 0.15) is 0 Å². The lowest BCUT2D eigenvalue weighted by atomic mass is 10.2. The molecule has 1 aromatic carbocycles. The van der Waals surface area contributed by atoms with Crippen molar-refractivity contribution in [1.29, 1.82) is 0 Å². The lowest BCUT2D eigenvalue weighted by Crippen LogP contribution is -2.41. The van der Waals surface area contributed by atoms with Gasteiger partial charge in [-0.2, -0.15) is 0 Å². The van der Waals surface area contributed by atoms with Crippen molar-refractivity contribution in [2.75, 3.05) is 6.54 Å². The first-order valence-corrected chi connectivity index (χ1v) is 7.87. The lowest BCUT2D eigenvalue weighted by Gasteiger charge is -2.16. The largest absolute Gasteiger partial charge is 0.329 e. The molecule has 0 heterocycles. The number of halogens is 2. The molecule has 1 saturated carbocycles. The van der Waals surface area contributed by atoms with Crippen molar-refractivity contribution >= 4 is 39.7 Å². The second-order valence-corrected chi connectivity index (χ2v) is 6.79. The Kier molecular flexibility index (Phi) is 5.94. The third-order valence-corrected chi connectivity index (χ3v) is 4.91. The van der Waals surface area contributed by atoms with Crippen LogP contribution in [-0.2, 0) is 10.0 Å². The van der Waals surface area contributed by atoms with E-state index in [0.717, 1.165) is 25.0 Å². The van der Waals surface area contributed by atoms with Crippen LogP contribution in [0.25, 0.3) is 0 Å². The zero-order valence-electron chi connectivity index (χ0n) is 10.9. The van der Waals surface area contributed by atoms with E-state index >= 15 is 0 Å². The molecule has 0 saturated heterocycles. The summed E-state index contributed by atoms with van der Waals surface area (Å²) < 4.78 is 27.0. The molecule has 118 valence electrons. The molecule has 1 unspecified atom stereocenters. The summed E-state index contributed by atoms with van der Waals surface area (Å²) in [7, 11) is -4.03. The number of hydrogen-bond acceptors (Lipinski definition) is 5. The van der Waals surface area contributed by atoms with E-state index in [4.69, 9.17) is 17.3 Å². The summed E-state index contributed by atoms with van der Waals surface area (Å²) in [5.41, 5.74) is 5.03. The molecule has 10 heteroatoms. The van der Waals surface area contributed by atoms with Crippen molar-refractivity contribution in [2.24, 2.45) is 11.7 Å². The van der Waals surface area contributed by atoms with Gasteiger partial charge >= 0.3 is 0 Å². The SMILES string of the molecule is Cl.NCC(NS(=O)(=O)c1cc(Cl)ccc1[N+](=O)[O-])C1CC1. The topological polar surface area (TPSA) is 115 Å². The Labute approximate surface area is 133 Å². The molecule has 21 heavy (non-hydrogen) atoms. The quantitative estimate of drug-likeness (QED) is 0.594. The van der Waals surface area contributed by atoms with Gasteiger partial charge in [-0.25, -0.2) is 13.1 Å². The van der Waals surface area contributed by atoms with Gasteiger partial charge in [0.15, 0.2) is 4.90 Å². The minimum atomic E-state index is -4.03. The number of nitro groups is 1. The standard InChI is InChI=1S/C11H14ClN3O4S.ClH/c12-8-3-4-10(15(16)17)11(5-8)20(18,19)14-9(6-13)7-1-2-7;/h3-5,7,9,14H,1-2,6,13H2;1H. The summed E-state index contributed by atoms with van der Waals surface area (Å²) in [6.07, 6.45) is 1.81. The highest BCUT2D eigenvalue weighted by atomic mass is 35.5. The van der Waals surface area contributed by atoms with Crippen LogP contribution >= 0.6 is 24.0 Å². The van der Waals surface area contributed by atoms with E-state index in [-0.39, 0.29) is 29.9 Å². The fourth-order valence-electron chi connectivity index (χ4n) is 1.95. The summed E-state index contributed by atoms with van der Waals surface area (Å²) in [5, 5.41) is 11.0. The molecule has 1 aromatic rings. The van der Waals surface area contributed by atoms with E-state index in [2.05, 4.69) is 4.72 Å². The highest BCUT2D eigenvalue weighted by Gasteiger charge is 2.35. The number of nitrogens with two attached hydrogens (primary N) is 1. The van der Waals surface area contributed by atoms with Crippen LogP contribution in [0.3, 0.4) is 0 Å². The summed E-state index contributed by atoms with van der Waals surface area (Å²) in [6.45, 7) is 0.151. The van der Waals surface area contributed by atoms with Gasteiger partial charge in [-0.15, -0.1) is 12.4 Å².